The molecule has 0 heterocycles. The molecule has 10 heteroatoms. The van der Waals surface area contributed by atoms with Crippen LogP contribution < -0.4 is 4.72 Å². The molecule has 0 bridgehead atoms. The third-order valence-corrected chi connectivity index (χ3v) is 4.00. The highest BCUT2D eigenvalue weighted by Gasteiger charge is 2.22. The molecule has 0 spiro atoms. The van der Waals surface area contributed by atoms with Gasteiger partial charge in [0.2, 0.25) is 10.0 Å². The fourth-order valence-corrected chi connectivity index (χ4v) is 2.69. The highest BCUT2D eigenvalue weighted by Crippen LogP contribution is 2.17. The van der Waals surface area contributed by atoms with Gasteiger partial charge in [0.1, 0.15) is 10.7 Å². The Kier molecular flexibility index (Phi) is 5.97. The first-order chi connectivity index (χ1) is 10.2. The second kappa shape index (κ2) is 7.29. The number of carbonyl (C=O) groups is 2. The van der Waals surface area contributed by atoms with Crippen LogP contribution in [0.5, 0.6) is 0 Å². The van der Waals surface area contributed by atoms with Crippen molar-refractivity contribution in [3.05, 3.63) is 29.6 Å². The number of aliphatic hydroxyl groups is 1. The molecule has 3 N–H and O–H groups in total. The van der Waals surface area contributed by atoms with Crippen molar-refractivity contribution in [2.24, 2.45) is 0 Å². The maximum atomic E-state index is 13.6. The minimum absolute atomic E-state index is 0.171. The van der Waals surface area contributed by atoms with Crippen LogP contribution in [0.25, 0.3) is 0 Å². The number of benzene rings is 1. The maximum Gasteiger partial charge on any atom is 0.337 e. The zero-order valence-electron chi connectivity index (χ0n) is 11.4. The average Bonchev–Trinajstić information content (AvgIpc) is 2.44. The average molecular weight is 335 g/mol. The smallest absolute Gasteiger partial charge is 0.337 e. The molecule has 1 aromatic carbocycles. The van der Waals surface area contributed by atoms with Crippen LogP contribution in [-0.2, 0) is 19.6 Å². The van der Waals surface area contributed by atoms with Crippen molar-refractivity contribution in [1.29, 1.82) is 0 Å². The van der Waals surface area contributed by atoms with E-state index in [0.717, 1.165) is 25.3 Å². The van der Waals surface area contributed by atoms with Gasteiger partial charge in [0.25, 0.3) is 0 Å². The van der Waals surface area contributed by atoms with Crippen LogP contribution in [0.1, 0.15) is 16.8 Å². The lowest BCUT2D eigenvalue weighted by atomic mass is 10.2. The zero-order chi connectivity index (χ0) is 16.9. The highest BCUT2D eigenvalue weighted by molar-refractivity contribution is 7.89. The van der Waals surface area contributed by atoms with Gasteiger partial charge in [0.15, 0.2) is 0 Å². The molecule has 22 heavy (non-hydrogen) atoms. The molecule has 122 valence electrons. The standard InChI is InChI=1S/C12H14FNO7S/c1-21-12(18)7-2-3-9(13)10(4-7)22(19,20)14-6-8(15)5-11(16)17/h2-4,8,14-15H,5-6H2,1H3,(H,16,17)/t8-/m0/s1. The van der Waals surface area contributed by atoms with Crippen LogP contribution >= 0.6 is 0 Å². The topological polar surface area (TPSA) is 130 Å². The third-order valence-electron chi connectivity index (χ3n) is 2.56. The summed E-state index contributed by atoms with van der Waals surface area (Å²) in [5.41, 5.74) is -0.171. The molecule has 0 aliphatic carbocycles. The Hall–Kier alpha value is -2.04. The van der Waals surface area contributed by atoms with Crippen LogP contribution in [0.15, 0.2) is 23.1 Å². The number of sulfonamides is 1. The van der Waals surface area contributed by atoms with Gasteiger partial charge in [-0.25, -0.2) is 22.3 Å². The molecule has 0 amide bonds. The van der Waals surface area contributed by atoms with Crippen LogP contribution in [0.2, 0.25) is 0 Å². The van der Waals surface area contributed by atoms with Gasteiger partial charge >= 0.3 is 11.9 Å². The fourth-order valence-electron chi connectivity index (χ4n) is 1.51. The van der Waals surface area contributed by atoms with E-state index in [1.54, 1.807) is 0 Å². The number of rotatable bonds is 7. The number of esters is 1. The Morgan fingerprint density at radius 2 is 2.05 bits per heavy atom. The molecule has 1 atom stereocenters. The van der Waals surface area contributed by atoms with E-state index in [1.807, 2.05) is 4.72 Å². The van der Waals surface area contributed by atoms with Gasteiger partial charge in [-0.15, -0.1) is 0 Å². The fraction of sp³-hybridized carbons (Fsp3) is 0.333. The number of hydrogen-bond acceptors (Lipinski definition) is 6. The molecule has 8 nitrogen and oxygen atoms in total. The Balaban J connectivity index is 2.97. The summed E-state index contributed by atoms with van der Waals surface area (Å²) >= 11 is 0. The molecule has 0 unspecified atom stereocenters. The van der Waals surface area contributed by atoms with Gasteiger partial charge in [0.05, 0.1) is 25.2 Å². The number of carbonyl (C=O) groups excluding carboxylic acids is 1. The van der Waals surface area contributed by atoms with E-state index < -0.39 is 51.7 Å². The first kappa shape index (κ1) is 18.0. The summed E-state index contributed by atoms with van der Waals surface area (Å²) in [5.74, 6) is -3.26. The van der Waals surface area contributed by atoms with Crippen molar-refractivity contribution in [3.63, 3.8) is 0 Å². The number of ether oxygens (including phenoxy) is 1. The van der Waals surface area contributed by atoms with E-state index >= 15 is 0 Å². The van der Waals surface area contributed by atoms with Crippen molar-refractivity contribution in [1.82, 2.24) is 4.72 Å². The van der Waals surface area contributed by atoms with Crippen molar-refractivity contribution >= 4 is 22.0 Å². The largest absolute Gasteiger partial charge is 0.481 e. The molecule has 0 saturated carbocycles. The van der Waals surface area contributed by atoms with Crippen molar-refractivity contribution < 1.29 is 37.3 Å². The molecule has 0 aliphatic rings. The van der Waals surface area contributed by atoms with Gasteiger partial charge in [-0.05, 0) is 18.2 Å². The Morgan fingerprint density at radius 3 is 2.59 bits per heavy atom. The first-order valence-electron chi connectivity index (χ1n) is 5.94. The molecular formula is C12H14FNO7S. The molecule has 0 fully saturated rings. The van der Waals surface area contributed by atoms with Crippen molar-refractivity contribution in [3.8, 4) is 0 Å². The number of carboxylic acids is 1. The number of nitrogens with one attached hydrogen (secondary N) is 1. The first-order valence-corrected chi connectivity index (χ1v) is 7.43. The second-order valence-corrected chi connectivity index (χ2v) is 5.98. The van der Waals surface area contributed by atoms with Gasteiger partial charge in [-0.3, -0.25) is 4.79 Å². The third kappa shape index (κ3) is 4.76. The van der Waals surface area contributed by atoms with E-state index in [4.69, 9.17) is 5.11 Å². The predicted octanol–water partition coefficient (Wildman–Crippen LogP) is -0.274. The molecule has 0 radical (unpaired) electrons. The van der Waals surface area contributed by atoms with Gasteiger partial charge in [0, 0.05) is 6.54 Å². The number of methoxy groups -OCH3 is 1. The molecular weight excluding hydrogens is 321 g/mol. The van der Waals surface area contributed by atoms with E-state index in [1.165, 1.54) is 0 Å². The number of hydrogen-bond donors (Lipinski definition) is 3. The van der Waals surface area contributed by atoms with Crippen LogP contribution in [-0.4, -0.2) is 50.3 Å². The van der Waals surface area contributed by atoms with E-state index in [-0.39, 0.29) is 5.56 Å². The summed E-state index contributed by atoms with van der Waals surface area (Å²) in [7, 11) is -3.29. The maximum absolute atomic E-state index is 13.6. The lowest BCUT2D eigenvalue weighted by Crippen LogP contribution is -2.33. The normalized spacial score (nSPS) is 12.7. The van der Waals surface area contributed by atoms with Crippen molar-refractivity contribution in [2.75, 3.05) is 13.7 Å². The lowest BCUT2D eigenvalue weighted by molar-refractivity contribution is -0.139. The number of aliphatic carboxylic acids is 1. The molecule has 1 aromatic rings. The monoisotopic (exact) mass is 335 g/mol. The van der Waals surface area contributed by atoms with Gasteiger partial charge in [-0.1, -0.05) is 0 Å². The molecule has 1 rings (SSSR count). The Bertz CT molecular complexity index is 674. The molecule has 0 aliphatic heterocycles. The summed E-state index contributed by atoms with van der Waals surface area (Å²) in [6, 6.07) is 2.63. The lowest BCUT2D eigenvalue weighted by Gasteiger charge is -2.11. The molecule has 0 aromatic heterocycles. The van der Waals surface area contributed by atoms with Crippen LogP contribution in [0.4, 0.5) is 4.39 Å². The Labute approximate surface area is 125 Å². The number of aliphatic hydroxyl groups excluding tert-OH is 1. The second-order valence-electron chi connectivity index (χ2n) is 4.24. The summed E-state index contributed by atoms with van der Waals surface area (Å²) in [4.78, 5) is 20.9. The molecule has 0 saturated heterocycles. The summed E-state index contributed by atoms with van der Waals surface area (Å²) in [6.45, 7) is -0.615. The summed E-state index contributed by atoms with van der Waals surface area (Å²) in [5, 5.41) is 17.8. The highest BCUT2D eigenvalue weighted by atomic mass is 32.2. The van der Waals surface area contributed by atoms with Crippen LogP contribution in [0, 0.1) is 5.82 Å². The van der Waals surface area contributed by atoms with E-state index in [9.17, 15) is 27.5 Å². The minimum Gasteiger partial charge on any atom is -0.481 e. The summed E-state index contributed by atoms with van der Waals surface area (Å²) in [6.07, 6.45) is -2.15. The van der Waals surface area contributed by atoms with Crippen LogP contribution in [0.3, 0.4) is 0 Å². The minimum atomic E-state index is -4.37. The van der Waals surface area contributed by atoms with Crippen molar-refractivity contribution in [2.45, 2.75) is 17.4 Å². The number of carboxylic acid groups (broad SMARTS) is 1. The van der Waals surface area contributed by atoms with E-state index in [2.05, 4.69) is 4.74 Å². The predicted molar refractivity (Wildman–Crippen MR) is 71.2 cm³/mol. The summed E-state index contributed by atoms with van der Waals surface area (Å²) < 4.78 is 43.8. The Morgan fingerprint density at radius 1 is 1.41 bits per heavy atom. The zero-order valence-corrected chi connectivity index (χ0v) is 12.3. The quantitative estimate of drug-likeness (QED) is 0.585. The van der Waals surface area contributed by atoms with Gasteiger partial charge < -0.3 is 14.9 Å². The van der Waals surface area contributed by atoms with E-state index in [0.29, 0.717) is 0 Å². The van der Waals surface area contributed by atoms with Gasteiger partial charge in [-0.2, -0.15) is 0 Å². The number of halogens is 1. The SMILES string of the molecule is COC(=O)c1ccc(F)c(S(=O)(=O)NC[C@@H](O)CC(=O)O)c1.